The molecule has 0 saturated heterocycles. The molecular formula is C13H21N3S. The summed E-state index contributed by atoms with van der Waals surface area (Å²) in [6, 6.07) is 0.837. The maximum atomic E-state index is 6.24. The van der Waals surface area contributed by atoms with Crippen molar-refractivity contribution in [2.45, 2.75) is 51.7 Å². The van der Waals surface area contributed by atoms with Gasteiger partial charge in [-0.15, -0.1) is 11.3 Å². The van der Waals surface area contributed by atoms with E-state index in [1.165, 1.54) is 28.4 Å². The van der Waals surface area contributed by atoms with Gasteiger partial charge in [0.25, 0.3) is 0 Å². The molecule has 1 aromatic rings. The van der Waals surface area contributed by atoms with Gasteiger partial charge in [0.2, 0.25) is 0 Å². The Balaban J connectivity index is 1.78. The van der Waals surface area contributed by atoms with Crippen LogP contribution in [0.25, 0.3) is 0 Å². The van der Waals surface area contributed by atoms with E-state index in [4.69, 9.17) is 10.7 Å². The third kappa shape index (κ3) is 2.26. The Morgan fingerprint density at radius 1 is 1.41 bits per heavy atom. The zero-order valence-electron chi connectivity index (χ0n) is 10.6. The fraction of sp³-hybridized carbons (Fsp3) is 0.769. The molecule has 1 saturated carbocycles. The van der Waals surface area contributed by atoms with E-state index in [1.54, 1.807) is 0 Å². The van der Waals surface area contributed by atoms with E-state index in [9.17, 15) is 0 Å². The number of thiazole rings is 1. The molecule has 1 aliphatic carbocycles. The van der Waals surface area contributed by atoms with Gasteiger partial charge in [-0.3, -0.25) is 4.90 Å². The van der Waals surface area contributed by atoms with Crippen molar-refractivity contribution in [2.75, 3.05) is 6.54 Å². The van der Waals surface area contributed by atoms with Gasteiger partial charge in [0.1, 0.15) is 5.01 Å². The van der Waals surface area contributed by atoms with Crippen LogP contribution in [0.2, 0.25) is 0 Å². The summed E-state index contributed by atoms with van der Waals surface area (Å²) in [5.74, 6) is 0.712. The molecule has 0 aromatic carbocycles. The van der Waals surface area contributed by atoms with Gasteiger partial charge in [-0.05, 0) is 32.6 Å². The molecule has 2 N–H and O–H groups in total. The van der Waals surface area contributed by atoms with Crippen molar-refractivity contribution in [3.8, 4) is 0 Å². The van der Waals surface area contributed by atoms with Crippen molar-refractivity contribution < 1.29 is 0 Å². The Bertz CT molecular complexity index is 409. The third-order valence-electron chi connectivity index (χ3n) is 3.92. The predicted octanol–water partition coefficient (Wildman–Crippen LogP) is 2.32. The number of rotatable bonds is 3. The summed E-state index contributed by atoms with van der Waals surface area (Å²) >= 11 is 1.86. The summed E-state index contributed by atoms with van der Waals surface area (Å²) < 4.78 is 0. The van der Waals surface area contributed by atoms with Crippen LogP contribution in [-0.4, -0.2) is 22.5 Å². The topological polar surface area (TPSA) is 42.2 Å². The quantitative estimate of drug-likeness (QED) is 0.896. The molecule has 1 fully saturated rings. The molecule has 4 heteroatoms. The van der Waals surface area contributed by atoms with Gasteiger partial charge in [-0.2, -0.15) is 0 Å². The first-order chi connectivity index (χ1) is 8.15. The van der Waals surface area contributed by atoms with Crippen molar-refractivity contribution >= 4 is 11.3 Å². The second kappa shape index (κ2) is 4.34. The van der Waals surface area contributed by atoms with E-state index in [-0.39, 0.29) is 6.04 Å². The summed E-state index contributed by atoms with van der Waals surface area (Å²) in [6.45, 7) is 6.75. The smallest absolute Gasteiger partial charge is 0.110 e. The second-order valence-electron chi connectivity index (χ2n) is 5.60. The molecule has 2 heterocycles. The molecule has 0 spiro atoms. The maximum absolute atomic E-state index is 6.24. The van der Waals surface area contributed by atoms with Crippen molar-refractivity contribution in [1.82, 2.24) is 9.88 Å². The highest BCUT2D eigenvalue weighted by molar-refractivity contribution is 7.11. The van der Waals surface area contributed by atoms with E-state index in [2.05, 4.69) is 18.7 Å². The lowest BCUT2D eigenvalue weighted by Gasteiger charge is -2.29. The molecule has 2 aliphatic rings. The maximum Gasteiger partial charge on any atom is 0.110 e. The lowest BCUT2D eigenvalue weighted by atomic mass is 10.1. The molecule has 17 heavy (non-hydrogen) atoms. The monoisotopic (exact) mass is 251 g/mol. The molecule has 0 radical (unpaired) electrons. The van der Waals surface area contributed by atoms with E-state index in [0.717, 1.165) is 19.5 Å². The van der Waals surface area contributed by atoms with Gasteiger partial charge in [-0.1, -0.05) is 0 Å². The first-order valence-corrected chi connectivity index (χ1v) is 7.45. The predicted molar refractivity (Wildman–Crippen MR) is 71.0 cm³/mol. The van der Waals surface area contributed by atoms with Gasteiger partial charge in [0.05, 0.1) is 11.7 Å². The molecule has 1 unspecified atom stereocenters. The van der Waals surface area contributed by atoms with E-state index >= 15 is 0 Å². The van der Waals surface area contributed by atoms with Crippen LogP contribution in [0.3, 0.4) is 0 Å². The molecule has 1 aliphatic heterocycles. The van der Waals surface area contributed by atoms with Crippen LogP contribution in [0.4, 0.5) is 0 Å². The minimum Gasteiger partial charge on any atom is -0.322 e. The lowest BCUT2D eigenvalue weighted by Crippen LogP contribution is -2.35. The second-order valence-corrected chi connectivity index (χ2v) is 6.71. The fourth-order valence-electron chi connectivity index (χ4n) is 2.48. The van der Waals surface area contributed by atoms with Crippen LogP contribution in [0.1, 0.15) is 48.3 Å². The third-order valence-corrected chi connectivity index (χ3v) is 5.11. The summed E-state index contributed by atoms with van der Waals surface area (Å²) in [5.41, 5.74) is 7.56. The van der Waals surface area contributed by atoms with Gasteiger partial charge < -0.3 is 5.73 Å². The largest absolute Gasteiger partial charge is 0.322 e. The zero-order valence-corrected chi connectivity index (χ0v) is 11.5. The molecule has 3 nitrogen and oxygen atoms in total. The van der Waals surface area contributed by atoms with Gasteiger partial charge >= 0.3 is 0 Å². The molecule has 1 aromatic heterocycles. The van der Waals surface area contributed by atoms with Gasteiger partial charge in [0, 0.05) is 30.4 Å². The van der Waals surface area contributed by atoms with Gasteiger partial charge in [-0.25, -0.2) is 4.98 Å². The lowest BCUT2D eigenvalue weighted by molar-refractivity contribution is 0.205. The Hall–Kier alpha value is -0.450. The summed E-state index contributed by atoms with van der Waals surface area (Å²) in [5, 5.41) is 1.18. The fourth-order valence-corrected chi connectivity index (χ4v) is 3.71. The Morgan fingerprint density at radius 2 is 2.18 bits per heavy atom. The number of fused-ring (bicyclic) bond motifs is 1. The summed E-state index contributed by atoms with van der Waals surface area (Å²) in [7, 11) is 0. The summed E-state index contributed by atoms with van der Waals surface area (Å²) in [6.07, 6.45) is 3.69. The number of hydrogen-bond donors (Lipinski definition) is 1. The number of nitrogens with two attached hydrogens (primary N) is 1. The van der Waals surface area contributed by atoms with E-state index in [0.29, 0.717) is 12.0 Å². The van der Waals surface area contributed by atoms with Crippen LogP contribution in [0.15, 0.2) is 0 Å². The Labute approximate surface area is 107 Å². The van der Waals surface area contributed by atoms with Gasteiger partial charge in [0.15, 0.2) is 0 Å². The number of aromatic nitrogens is 1. The molecule has 94 valence electrons. The summed E-state index contributed by atoms with van der Waals surface area (Å²) in [4.78, 5) is 8.75. The standard InChI is InChI=1S/C13H21N3S/c1-8(2)16-6-5-10-11(7-16)17-13(15-10)12(14)9-3-4-9/h8-9,12H,3-7,14H2,1-2H3. The van der Waals surface area contributed by atoms with Crippen molar-refractivity contribution in [1.29, 1.82) is 0 Å². The average molecular weight is 251 g/mol. The van der Waals surface area contributed by atoms with Crippen LogP contribution in [-0.2, 0) is 13.0 Å². The highest BCUT2D eigenvalue weighted by Crippen LogP contribution is 2.41. The Kier molecular flexibility index (Phi) is 2.97. The zero-order chi connectivity index (χ0) is 12.0. The van der Waals surface area contributed by atoms with Crippen molar-refractivity contribution in [3.63, 3.8) is 0 Å². The highest BCUT2D eigenvalue weighted by atomic mass is 32.1. The minimum atomic E-state index is 0.207. The van der Waals surface area contributed by atoms with Crippen LogP contribution in [0.5, 0.6) is 0 Å². The number of nitrogens with zero attached hydrogens (tertiary/aromatic N) is 2. The van der Waals surface area contributed by atoms with E-state index < -0.39 is 0 Å². The van der Waals surface area contributed by atoms with E-state index in [1.807, 2.05) is 11.3 Å². The number of hydrogen-bond acceptors (Lipinski definition) is 4. The van der Waals surface area contributed by atoms with Crippen LogP contribution in [0, 0.1) is 5.92 Å². The highest BCUT2D eigenvalue weighted by Gasteiger charge is 2.33. The minimum absolute atomic E-state index is 0.207. The Morgan fingerprint density at radius 3 is 2.82 bits per heavy atom. The normalized spacial score (nSPS) is 22.8. The SMILES string of the molecule is CC(C)N1CCc2nc(C(N)C3CC3)sc2C1. The molecule has 0 bridgehead atoms. The molecule has 0 amide bonds. The molecule has 1 atom stereocenters. The van der Waals surface area contributed by atoms with Crippen molar-refractivity contribution in [2.24, 2.45) is 11.7 Å². The van der Waals surface area contributed by atoms with Crippen molar-refractivity contribution in [3.05, 3.63) is 15.6 Å². The molecular weight excluding hydrogens is 230 g/mol. The average Bonchev–Trinajstić information content (AvgIpc) is 3.06. The molecule has 3 rings (SSSR count). The van der Waals surface area contributed by atoms with Crippen LogP contribution >= 0.6 is 11.3 Å². The first-order valence-electron chi connectivity index (χ1n) is 6.63. The first kappa shape index (κ1) is 11.6. The van der Waals surface area contributed by atoms with Crippen LogP contribution < -0.4 is 5.73 Å².